The highest BCUT2D eigenvalue weighted by molar-refractivity contribution is 7.99. The molecule has 0 bridgehead atoms. The number of hydrogen-bond acceptors (Lipinski definition) is 9. The van der Waals surface area contributed by atoms with Gasteiger partial charge in [-0.05, 0) is 45.6 Å². The van der Waals surface area contributed by atoms with E-state index in [0.29, 0.717) is 22.9 Å². The van der Waals surface area contributed by atoms with Crippen LogP contribution < -0.4 is 10.1 Å². The summed E-state index contributed by atoms with van der Waals surface area (Å²) in [6.45, 7) is 4.61. The van der Waals surface area contributed by atoms with Gasteiger partial charge in [-0.25, -0.2) is 4.98 Å². The lowest BCUT2D eigenvalue weighted by molar-refractivity contribution is -0.113. The van der Waals surface area contributed by atoms with Crippen LogP contribution in [0.2, 0.25) is 0 Å². The maximum Gasteiger partial charge on any atom is 0.277 e. The van der Waals surface area contributed by atoms with Gasteiger partial charge in [-0.2, -0.15) is 0 Å². The summed E-state index contributed by atoms with van der Waals surface area (Å²) >= 11 is 2.62. The number of hydrogen-bond donors (Lipinski definition) is 1. The molecule has 0 aliphatic heterocycles. The smallest absolute Gasteiger partial charge is 0.277 e. The van der Waals surface area contributed by atoms with Crippen LogP contribution in [0.3, 0.4) is 0 Å². The summed E-state index contributed by atoms with van der Waals surface area (Å²) in [5, 5.41) is 11.9. The second kappa shape index (κ2) is 9.35. The molecule has 0 aliphatic rings. The lowest BCUT2D eigenvalue weighted by atomic mass is 10.2. The molecule has 1 aromatic carbocycles. The molecular weight excluding hydrogens is 398 g/mol. The Balaban J connectivity index is 1.57. The third kappa shape index (κ3) is 5.00. The molecule has 0 aliphatic carbocycles. The van der Waals surface area contributed by atoms with E-state index in [1.807, 2.05) is 44.1 Å². The lowest BCUT2D eigenvalue weighted by Crippen LogP contribution is -2.19. The van der Waals surface area contributed by atoms with Gasteiger partial charge < -0.3 is 14.5 Å². The first-order valence-electron chi connectivity index (χ1n) is 8.96. The highest BCUT2D eigenvalue weighted by Gasteiger charge is 2.19. The van der Waals surface area contributed by atoms with E-state index in [4.69, 9.17) is 9.15 Å². The molecule has 0 fully saturated rings. The van der Waals surface area contributed by atoms with Gasteiger partial charge >= 0.3 is 0 Å². The fourth-order valence-electron chi connectivity index (χ4n) is 2.67. The minimum Gasteiger partial charge on any atom is -0.494 e. The van der Waals surface area contributed by atoms with Gasteiger partial charge in [0.05, 0.1) is 28.6 Å². The normalized spacial score (nSPS) is 12.5. The molecule has 150 valence electrons. The molecule has 0 unspecified atom stereocenters. The van der Waals surface area contributed by atoms with E-state index in [0.717, 1.165) is 22.4 Å². The molecule has 3 aromatic rings. The van der Waals surface area contributed by atoms with Gasteiger partial charge in [0.1, 0.15) is 5.75 Å². The molecule has 1 N–H and O–H groups in total. The van der Waals surface area contributed by atoms with Gasteiger partial charge in [0.15, 0.2) is 5.13 Å². The van der Waals surface area contributed by atoms with Gasteiger partial charge in [-0.1, -0.05) is 30.0 Å². The van der Waals surface area contributed by atoms with Crippen LogP contribution in [-0.2, 0) is 4.79 Å². The van der Waals surface area contributed by atoms with Crippen molar-refractivity contribution in [1.82, 2.24) is 20.1 Å². The third-order valence-corrected chi connectivity index (χ3v) is 5.71. The second-order valence-corrected chi connectivity index (χ2v) is 8.17. The van der Waals surface area contributed by atoms with Crippen LogP contribution >= 0.6 is 23.1 Å². The van der Waals surface area contributed by atoms with Crippen molar-refractivity contribution in [1.29, 1.82) is 0 Å². The molecule has 10 heteroatoms. The number of thiazole rings is 1. The second-order valence-electron chi connectivity index (χ2n) is 6.21. The van der Waals surface area contributed by atoms with Crippen LogP contribution in [0.15, 0.2) is 27.8 Å². The first kappa shape index (κ1) is 20.6. The van der Waals surface area contributed by atoms with Crippen molar-refractivity contribution in [3.05, 3.63) is 24.1 Å². The summed E-state index contributed by atoms with van der Waals surface area (Å²) in [5.41, 5.74) is 0.826. The molecule has 0 saturated carbocycles. The van der Waals surface area contributed by atoms with Crippen LogP contribution in [0.25, 0.3) is 10.2 Å². The Kier molecular flexibility index (Phi) is 6.87. The SMILES string of the molecule is CCOc1ccc2nc(NC(=O)CSc3nnc([C@@H](CC)N(C)C)o3)sc2c1. The summed E-state index contributed by atoms with van der Waals surface area (Å²) in [6, 6.07) is 5.75. The summed E-state index contributed by atoms with van der Waals surface area (Å²) in [6.07, 6.45) is 0.863. The minimum absolute atomic E-state index is 0.0694. The van der Waals surface area contributed by atoms with Crippen LogP contribution in [0.1, 0.15) is 32.2 Å². The number of ether oxygens (including phenoxy) is 1. The molecular formula is C18H23N5O3S2. The number of carbonyl (C=O) groups excluding carboxylic acids is 1. The number of amides is 1. The van der Waals surface area contributed by atoms with Crippen molar-refractivity contribution in [3.63, 3.8) is 0 Å². The highest BCUT2D eigenvalue weighted by atomic mass is 32.2. The molecule has 1 atom stereocenters. The molecule has 0 radical (unpaired) electrons. The molecule has 0 spiro atoms. The first-order chi connectivity index (χ1) is 13.5. The number of anilines is 1. The predicted molar refractivity (Wildman–Crippen MR) is 111 cm³/mol. The Morgan fingerprint density at radius 3 is 2.89 bits per heavy atom. The Morgan fingerprint density at radius 2 is 2.18 bits per heavy atom. The van der Waals surface area contributed by atoms with Gasteiger partial charge in [0.25, 0.3) is 5.22 Å². The monoisotopic (exact) mass is 421 g/mol. The Labute approximate surface area is 171 Å². The van der Waals surface area contributed by atoms with Crippen LogP contribution in [-0.4, -0.2) is 52.4 Å². The maximum absolute atomic E-state index is 12.2. The van der Waals surface area contributed by atoms with Crippen LogP contribution in [0.5, 0.6) is 5.75 Å². The fraction of sp³-hybridized carbons (Fsp3) is 0.444. The zero-order valence-corrected chi connectivity index (χ0v) is 17.9. The predicted octanol–water partition coefficient (Wildman–Crippen LogP) is 3.82. The Bertz CT molecular complexity index is 940. The van der Waals surface area contributed by atoms with Gasteiger partial charge in [0, 0.05) is 0 Å². The van der Waals surface area contributed by atoms with E-state index < -0.39 is 0 Å². The summed E-state index contributed by atoms with van der Waals surface area (Å²) < 4.78 is 12.1. The van der Waals surface area contributed by atoms with E-state index in [1.165, 1.54) is 23.1 Å². The number of nitrogens with one attached hydrogen (secondary N) is 1. The molecule has 3 rings (SSSR count). The van der Waals surface area contributed by atoms with E-state index >= 15 is 0 Å². The lowest BCUT2D eigenvalue weighted by Gasteiger charge is -2.18. The standard InChI is InChI=1S/C18H23N5O3S2/c1-5-13(23(3)4)16-21-22-18(26-16)27-10-15(24)20-17-19-12-8-7-11(25-6-2)9-14(12)28-17/h7-9,13H,5-6,10H2,1-4H3,(H,19,20,24)/t13-/m1/s1. The third-order valence-electron chi connectivity index (χ3n) is 3.96. The number of nitrogens with zero attached hydrogens (tertiary/aromatic N) is 4. The molecule has 2 aromatic heterocycles. The molecule has 1 amide bonds. The van der Waals surface area contributed by atoms with Crippen molar-refractivity contribution in [2.75, 3.05) is 31.8 Å². The van der Waals surface area contributed by atoms with Crippen LogP contribution in [0.4, 0.5) is 5.13 Å². The van der Waals surface area contributed by atoms with Gasteiger partial charge in [0.2, 0.25) is 11.8 Å². The summed E-state index contributed by atoms with van der Waals surface area (Å²) in [7, 11) is 3.93. The van der Waals surface area contributed by atoms with Crippen molar-refractivity contribution < 1.29 is 13.9 Å². The van der Waals surface area contributed by atoms with Crippen LogP contribution in [0, 0.1) is 0 Å². The Morgan fingerprint density at radius 1 is 1.36 bits per heavy atom. The van der Waals surface area contributed by atoms with Gasteiger partial charge in [-0.3, -0.25) is 9.69 Å². The Hall–Kier alpha value is -2.17. The quantitative estimate of drug-likeness (QED) is 0.521. The highest BCUT2D eigenvalue weighted by Crippen LogP contribution is 2.30. The zero-order valence-electron chi connectivity index (χ0n) is 16.3. The topological polar surface area (TPSA) is 93.4 Å². The van der Waals surface area contributed by atoms with E-state index in [9.17, 15) is 4.79 Å². The largest absolute Gasteiger partial charge is 0.494 e. The number of benzene rings is 1. The minimum atomic E-state index is -0.173. The van der Waals surface area contributed by atoms with Crippen molar-refractivity contribution >= 4 is 44.4 Å². The van der Waals surface area contributed by atoms with E-state index in [-0.39, 0.29) is 17.7 Å². The number of carbonyl (C=O) groups is 1. The van der Waals surface area contributed by atoms with E-state index in [1.54, 1.807) is 0 Å². The fourth-order valence-corrected chi connectivity index (χ4v) is 4.15. The number of rotatable bonds is 9. The maximum atomic E-state index is 12.2. The van der Waals surface area contributed by atoms with E-state index in [2.05, 4.69) is 27.4 Å². The summed E-state index contributed by atoms with van der Waals surface area (Å²) in [5.74, 6) is 1.35. The average Bonchev–Trinajstić information content (AvgIpc) is 3.27. The number of aromatic nitrogens is 3. The van der Waals surface area contributed by atoms with Crippen molar-refractivity contribution in [2.24, 2.45) is 0 Å². The average molecular weight is 422 g/mol. The molecule has 2 heterocycles. The van der Waals surface area contributed by atoms with Crippen molar-refractivity contribution in [3.8, 4) is 5.75 Å². The first-order valence-corrected chi connectivity index (χ1v) is 10.8. The van der Waals surface area contributed by atoms with Crippen molar-refractivity contribution in [2.45, 2.75) is 31.5 Å². The molecule has 28 heavy (non-hydrogen) atoms. The number of thioether (sulfide) groups is 1. The number of fused-ring (bicyclic) bond motifs is 1. The summed E-state index contributed by atoms with van der Waals surface area (Å²) in [4.78, 5) is 18.7. The molecule has 0 saturated heterocycles. The molecule has 8 nitrogen and oxygen atoms in total. The van der Waals surface area contributed by atoms with Gasteiger partial charge in [-0.15, -0.1) is 10.2 Å². The zero-order chi connectivity index (χ0) is 20.1.